The van der Waals surface area contributed by atoms with E-state index in [1.54, 1.807) is 0 Å². The van der Waals surface area contributed by atoms with Crippen molar-refractivity contribution in [2.45, 2.75) is 26.9 Å². The van der Waals surface area contributed by atoms with E-state index in [0.29, 0.717) is 13.1 Å². The Morgan fingerprint density at radius 1 is 1.42 bits per heavy atom. The van der Waals surface area contributed by atoms with Gasteiger partial charge in [0.25, 0.3) is 0 Å². The lowest BCUT2D eigenvalue weighted by molar-refractivity contribution is 0.113. The average molecular weight is 174 g/mol. The molecule has 3 heteroatoms. The highest BCUT2D eigenvalue weighted by molar-refractivity contribution is 4.69. The molecular weight excluding hydrogens is 152 g/mol. The maximum absolute atomic E-state index is 9.26. The lowest BCUT2D eigenvalue weighted by Gasteiger charge is -2.27. The summed E-state index contributed by atoms with van der Waals surface area (Å²) in [6, 6.07) is 0. The smallest absolute Gasteiger partial charge is 0.0788 e. The molecule has 0 radical (unpaired) electrons. The van der Waals surface area contributed by atoms with Crippen LogP contribution in [0.15, 0.2) is 0 Å². The monoisotopic (exact) mass is 174 g/mol. The standard InChI is InChI=1S/C9H22N2O/c1-9(2,3)7-11(4)6-8(12)5-10/h8,12H,5-7,10H2,1-4H3. The summed E-state index contributed by atoms with van der Waals surface area (Å²) in [7, 11) is 2.00. The van der Waals surface area contributed by atoms with Crippen LogP contribution >= 0.6 is 0 Å². The van der Waals surface area contributed by atoms with Crippen molar-refractivity contribution < 1.29 is 5.11 Å². The quantitative estimate of drug-likeness (QED) is 0.644. The van der Waals surface area contributed by atoms with Crippen molar-refractivity contribution >= 4 is 0 Å². The lowest BCUT2D eigenvalue weighted by atomic mass is 9.96. The highest BCUT2D eigenvalue weighted by Crippen LogP contribution is 2.13. The lowest BCUT2D eigenvalue weighted by Crippen LogP contribution is -2.38. The highest BCUT2D eigenvalue weighted by Gasteiger charge is 2.14. The van der Waals surface area contributed by atoms with E-state index in [1.165, 1.54) is 0 Å². The molecular formula is C9H22N2O. The Balaban J connectivity index is 3.66. The van der Waals surface area contributed by atoms with Crippen LogP contribution in [0.3, 0.4) is 0 Å². The minimum absolute atomic E-state index is 0.281. The zero-order valence-electron chi connectivity index (χ0n) is 8.67. The zero-order valence-corrected chi connectivity index (χ0v) is 8.67. The van der Waals surface area contributed by atoms with Crippen molar-refractivity contribution in [3.63, 3.8) is 0 Å². The molecule has 3 N–H and O–H groups in total. The molecule has 0 amide bonds. The molecule has 0 aromatic rings. The second-order valence-corrected chi connectivity index (χ2v) is 4.65. The summed E-state index contributed by atoms with van der Waals surface area (Å²) in [5.41, 5.74) is 5.59. The molecule has 3 nitrogen and oxygen atoms in total. The summed E-state index contributed by atoms with van der Waals surface area (Å²) < 4.78 is 0. The normalized spacial score (nSPS) is 15.2. The predicted molar refractivity (Wildman–Crippen MR) is 52.0 cm³/mol. The Bertz CT molecular complexity index is 120. The van der Waals surface area contributed by atoms with Crippen LogP contribution in [0.1, 0.15) is 20.8 Å². The summed E-state index contributed by atoms with van der Waals surface area (Å²) in [6.07, 6.45) is -0.391. The van der Waals surface area contributed by atoms with Crippen LogP contribution in [0.2, 0.25) is 0 Å². The molecule has 0 fully saturated rings. The van der Waals surface area contributed by atoms with Crippen molar-refractivity contribution in [1.29, 1.82) is 0 Å². The number of likely N-dealkylation sites (N-methyl/N-ethyl adjacent to an activating group) is 1. The van der Waals surface area contributed by atoms with Crippen molar-refractivity contribution in [2.75, 3.05) is 26.7 Å². The van der Waals surface area contributed by atoms with Gasteiger partial charge in [-0.3, -0.25) is 0 Å². The molecule has 0 bridgehead atoms. The Morgan fingerprint density at radius 3 is 2.25 bits per heavy atom. The average Bonchev–Trinajstić information content (AvgIpc) is 1.82. The van der Waals surface area contributed by atoms with Crippen LogP contribution in [-0.2, 0) is 0 Å². The minimum atomic E-state index is -0.391. The second kappa shape index (κ2) is 4.80. The third kappa shape index (κ3) is 6.58. The molecule has 1 atom stereocenters. The summed E-state index contributed by atoms with van der Waals surface area (Å²) in [6.45, 7) is 8.52. The van der Waals surface area contributed by atoms with E-state index in [-0.39, 0.29) is 5.41 Å². The molecule has 0 aliphatic rings. The third-order valence-electron chi connectivity index (χ3n) is 1.54. The molecule has 74 valence electrons. The van der Waals surface area contributed by atoms with Gasteiger partial charge in [-0.25, -0.2) is 0 Å². The molecule has 0 rings (SSSR count). The SMILES string of the molecule is CN(CC(O)CN)CC(C)(C)C. The molecule has 12 heavy (non-hydrogen) atoms. The topological polar surface area (TPSA) is 49.5 Å². The molecule has 0 heterocycles. The van der Waals surface area contributed by atoms with Crippen molar-refractivity contribution in [2.24, 2.45) is 11.1 Å². The van der Waals surface area contributed by atoms with Gasteiger partial charge >= 0.3 is 0 Å². The van der Waals surface area contributed by atoms with Gasteiger partial charge < -0.3 is 15.7 Å². The number of aliphatic hydroxyl groups is 1. The second-order valence-electron chi connectivity index (χ2n) is 4.65. The van der Waals surface area contributed by atoms with Crippen LogP contribution in [0.4, 0.5) is 0 Å². The van der Waals surface area contributed by atoms with Gasteiger partial charge in [-0.2, -0.15) is 0 Å². The molecule has 0 aliphatic heterocycles. The summed E-state index contributed by atoms with van der Waals surface area (Å²) in [5, 5.41) is 9.26. The number of hydrogen-bond acceptors (Lipinski definition) is 3. The maximum atomic E-state index is 9.26. The van der Waals surface area contributed by atoms with Crippen LogP contribution < -0.4 is 5.73 Å². The first-order chi connectivity index (χ1) is 5.35. The van der Waals surface area contributed by atoms with Crippen LogP contribution in [0.5, 0.6) is 0 Å². The molecule has 0 saturated carbocycles. The number of nitrogens with zero attached hydrogens (tertiary/aromatic N) is 1. The van der Waals surface area contributed by atoms with E-state index in [9.17, 15) is 5.11 Å². The van der Waals surface area contributed by atoms with E-state index >= 15 is 0 Å². The Labute approximate surface area is 75.6 Å². The Hall–Kier alpha value is -0.120. The number of nitrogens with two attached hydrogens (primary N) is 1. The van der Waals surface area contributed by atoms with Gasteiger partial charge in [0.1, 0.15) is 0 Å². The molecule has 0 saturated heterocycles. The Morgan fingerprint density at radius 2 is 1.92 bits per heavy atom. The van der Waals surface area contributed by atoms with E-state index in [0.717, 1.165) is 6.54 Å². The Kier molecular flexibility index (Phi) is 4.75. The van der Waals surface area contributed by atoms with Crippen molar-refractivity contribution in [3.8, 4) is 0 Å². The van der Waals surface area contributed by atoms with E-state index in [2.05, 4.69) is 25.7 Å². The van der Waals surface area contributed by atoms with Gasteiger partial charge in [-0.1, -0.05) is 20.8 Å². The molecule has 0 spiro atoms. The van der Waals surface area contributed by atoms with Gasteiger partial charge in [0.2, 0.25) is 0 Å². The third-order valence-corrected chi connectivity index (χ3v) is 1.54. The maximum Gasteiger partial charge on any atom is 0.0788 e. The fraction of sp³-hybridized carbons (Fsp3) is 1.00. The highest BCUT2D eigenvalue weighted by atomic mass is 16.3. The van der Waals surface area contributed by atoms with Gasteiger partial charge in [-0.05, 0) is 12.5 Å². The van der Waals surface area contributed by atoms with Crippen LogP contribution in [0, 0.1) is 5.41 Å². The molecule has 1 unspecified atom stereocenters. The fourth-order valence-corrected chi connectivity index (χ4v) is 1.31. The van der Waals surface area contributed by atoms with Crippen molar-refractivity contribution in [1.82, 2.24) is 4.90 Å². The number of aliphatic hydroxyl groups excluding tert-OH is 1. The first-order valence-electron chi connectivity index (χ1n) is 4.42. The molecule has 0 aromatic carbocycles. The van der Waals surface area contributed by atoms with Gasteiger partial charge in [-0.15, -0.1) is 0 Å². The van der Waals surface area contributed by atoms with Crippen LogP contribution in [-0.4, -0.2) is 42.8 Å². The molecule has 0 aliphatic carbocycles. The van der Waals surface area contributed by atoms with Gasteiger partial charge in [0.05, 0.1) is 6.10 Å². The van der Waals surface area contributed by atoms with E-state index < -0.39 is 6.10 Å². The first-order valence-corrected chi connectivity index (χ1v) is 4.42. The van der Waals surface area contributed by atoms with Crippen LogP contribution in [0.25, 0.3) is 0 Å². The van der Waals surface area contributed by atoms with Crippen molar-refractivity contribution in [3.05, 3.63) is 0 Å². The summed E-state index contributed by atoms with van der Waals surface area (Å²) >= 11 is 0. The fourth-order valence-electron chi connectivity index (χ4n) is 1.31. The minimum Gasteiger partial charge on any atom is -0.390 e. The zero-order chi connectivity index (χ0) is 9.78. The first kappa shape index (κ1) is 11.9. The largest absolute Gasteiger partial charge is 0.390 e. The number of rotatable bonds is 4. The number of hydrogen-bond donors (Lipinski definition) is 2. The predicted octanol–water partition coefficient (Wildman–Crippen LogP) is 0.284. The summed E-state index contributed by atoms with van der Waals surface area (Å²) in [4.78, 5) is 2.11. The van der Waals surface area contributed by atoms with E-state index in [4.69, 9.17) is 5.73 Å². The van der Waals surface area contributed by atoms with Gasteiger partial charge in [0.15, 0.2) is 0 Å². The van der Waals surface area contributed by atoms with E-state index in [1.807, 2.05) is 7.05 Å². The van der Waals surface area contributed by atoms with Gasteiger partial charge in [0, 0.05) is 19.6 Å². The molecule has 0 aromatic heterocycles. The summed E-state index contributed by atoms with van der Waals surface area (Å²) in [5.74, 6) is 0.